The van der Waals surface area contributed by atoms with E-state index in [1.54, 1.807) is 6.92 Å². The third-order valence-corrected chi connectivity index (χ3v) is 5.91. The molecule has 0 unspecified atom stereocenters. The van der Waals surface area contributed by atoms with Crippen LogP contribution in [0.5, 0.6) is 0 Å². The molecule has 2 aromatic rings. The van der Waals surface area contributed by atoms with Gasteiger partial charge in [-0.3, -0.25) is 4.79 Å². The van der Waals surface area contributed by atoms with E-state index in [0.717, 1.165) is 17.8 Å². The van der Waals surface area contributed by atoms with Crippen LogP contribution in [0.3, 0.4) is 0 Å². The van der Waals surface area contributed by atoms with Crippen LogP contribution in [-0.2, 0) is 23.0 Å². The highest BCUT2D eigenvalue weighted by molar-refractivity contribution is 7.99. The lowest BCUT2D eigenvalue weighted by Crippen LogP contribution is -2.17. The zero-order chi connectivity index (χ0) is 20.8. The first-order chi connectivity index (χ1) is 13.2. The van der Waals surface area contributed by atoms with Gasteiger partial charge < -0.3 is 14.6 Å². The molecule has 7 nitrogen and oxygen atoms in total. The van der Waals surface area contributed by atoms with Crippen molar-refractivity contribution in [3.05, 3.63) is 22.3 Å². The molecule has 0 bridgehead atoms. The van der Waals surface area contributed by atoms with Crippen LogP contribution >= 0.6 is 23.1 Å². The molecular formula is C19H28N4O3S2. The van der Waals surface area contributed by atoms with Crippen molar-refractivity contribution in [3.63, 3.8) is 0 Å². The molecule has 0 fully saturated rings. The molecule has 2 heterocycles. The van der Waals surface area contributed by atoms with Crippen LogP contribution in [0.25, 0.3) is 0 Å². The molecule has 9 heteroatoms. The summed E-state index contributed by atoms with van der Waals surface area (Å²) < 4.78 is 7.09. The van der Waals surface area contributed by atoms with Crippen molar-refractivity contribution in [2.45, 2.75) is 52.1 Å². The van der Waals surface area contributed by atoms with Crippen molar-refractivity contribution in [2.75, 3.05) is 17.7 Å². The molecule has 154 valence electrons. The van der Waals surface area contributed by atoms with E-state index in [1.165, 1.54) is 23.1 Å². The van der Waals surface area contributed by atoms with Crippen molar-refractivity contribution < 1.29 is 14.3 Å². The van der Waals surface area contributed by atoms with E-state index >= 15 is 0 Å². The molecular weight excluding hydrogens is 396 g/mol. The van der Waals surface area contributed by atoms with Gasteiger partial charge in [0.1, 0.15) is 10.8 Å². The molecule has 0 spiro atoms. The maximum Gasteiger partial charge on any atom is 0.341 e. The smallest absolute Gasteiger partial charge is 0.341 e. The van der Waals surface area contributed by atoms with Crippen molar-refractivity contribution >= 4 is 40.0 Å². The summed E-state index contributed by atoms with van der Waals surface area (Å²) in [6.07, 6.45) is 0.756. The highest BCUT2D eigenvalue weighted by Gasteiger charge is 2.22. The van der Waals surface area contributed by atoms with Gasteiger partial charge in [-0.1, -0.05) is 39.5 Å². The Bertz CT molecular complexity index is 827. The van der Waals surface area contributed by atoms with E-state index < -0.39 is 5.97 Å². The second kappa shape index (κ2) is 10.1. The summed E-state index contributed by atoms with van der Waals surface area (Å²) in [6, 6.07) is 0. The molecule has 0 radical (unpaired) electrons. The maximum atomic E-state index is 12.5. The summed E-state index contributed by atoms with van der Waals surface area (Å²) in [4.78, 5) is 24.9. The molecule has 1 amide bonds. The van der Waals surface area contributed by atoms with Gasteiger partial charge in [-0.2, -0.15) is 0 Å². The van der Waals surface area contributed by atoms with Crippen molar-refractivity contribution in [1.82, 2.24) is 14.8 Å². The summed E-state index contributed by atoms with van der Waals surface area (Å²) in [5.74, 6) is 1.14. The van der Waals surface area contributed by atoms with Crippen LogP contribution in [0, 0.1) is 5.92 Å². The number of nitrogens with one attached hydrogen (secondary N) is 1. The summed E-state index contributed by atoms with van der Waals surface area (Å²) >= 11 is 2.68. The van der Waals surface area contributed by atoms with Crippen LogP contribution in [0.15, 0.2) is 10.5 Å². The summed E-state index contributed by atoms with van der Waals surface area (Å²) in [5, 5.41) is 14.3. The SMILES string of the molecule is CCOC(=O)c1c(CC(C)C)csc1NC(=O)CSc1nnc(C(C)C)n1C. The molecule has 0 saturated carbocycles. The number of thioether (sulfide) groups is 1. The quantitative estimate of drug-likeness (QED) is 0.482. The molecule has 0 aliphatic heterocycles. The van der Waals surface area contributed by atoms with Gasteiger partial charge in [-0.25, -0.2) is 4.79 Å². The lowest BCUT2D eigenvalue weighted by atomic mass is 10.0. The number of amides is 1. The number of ether oxygens (including phenoxy) is 1. The van der Waals surface area contributed by atoms with Gasteiger partial charge >= 0.3 is 5.97 Å². The zero-order valence-corrected chi connectivity index (χ0v) is 18.9. The van der Waals surface area contributed by atoms with Crippen molar-refractivity contribution in [1.29, 1.82) is 0 Å². The standard InChI is InChI=1S/C19H28N4O3S2/c1-7-26-18(25)15-13(8-11(2)3)9-27-17(15)20-14(24)10-28-19-22-21-16(12(4)5)23(19)6/h9,11-12H,7-8,10H2,1-6H3,(H,20,24). The van der Waals surface area contributed by atoms with E-state index in [2.05, 4.69) is 29.4 Å². The van der Waals surface area contributed by atoms with E-state index in [9.17, 15) is 9.59 Å². The third-order valence-electron chi connectivity index (χ3n) is 3.95. The van der Waals surface area contributed by atoms with E-state index in [1.807, 2.05) is 30.8 Å². The Labute approximate surface area is 174 Å². The molecule has 2 aromatic heterocycles. The van der Waals surface area contributed by atoms with Gasteiger partial charge in [0.05, 0.1) is 17.9 Å². The molecule has 28 heavy (non-hydrogen) atoms. The fourth-order valence-corrected chi connectivity index (χ4v) is 4.45. The van der Waals surface area contributed by atoms with E-state index in [0.29, 0.717) is 28.2 Å². The van der Waals surface area contributed by atoms with Crippen LogP contribution < -0.4 is 5.32 Å². The Morgan fingerprint density at radius 3 is 2.57 bits per heavy atom. The minimum atomic E-state index is -0.391. The second-order valence-corrected chi connectivity index (χ2v) is 9.00. The molecule has 0 aliphatic rings. The van der Waals surface area contributed by atoms with Crippen molar-refractivity contribution in [2.24, 2.45) is 13.0 Å². The average molecular weight is 425 g/mol. The fourth-order valence-electron chi connectivity index (χ4n) is 2.75. The number of carbonyl (C=O) groups excluding carboxylic acids is 2. The topological polar surface area (TPSA) is 86.1 Å². The first-order valence-corrected chi connectivity index (χ1v) is 11.2. The molecule has 0 aromatic carbocycles. The largest absolute Gasteiger partial charge is 0.462 e. The van der Waals surface area contributed by atoms with Gasteiger partial charge in [0, 0.05) is 13.0 Å². The van der Waals surface area contributed by atoms with E-state index in [-0.39, 0.29) is 17.6 Å². The Morgan fingerprint density at radius 2 is 2.00 bits per heavy atom. The number of thiophene rings is 1. The summed E-state index contributed by atoms with van der Waals surface area (Å²) in [5.41, 5.74) is 1.39. The van der Waals surface area contributed by atoms with Crippen LogP contribution in [0.1, 0.15) is 62.3 Å². The van der Waals surface area contributed by atoms with Gasteiger partial charge in [0.15, 0.2) is 5.16 Å². The molecule has 0 saturated heterocycles. The first-order valence-electron chi connectivity index (χ1n) is 9.33. The lowest BCUT2D eigenvalue weighted by Gasteiger charge is -2.10. The van der Waals surface area contributed by atoms with Crippen molar-refractivity contribution in [3.8, 4) is 0 Å². The summed E-state index contributed by atoms with van der Waals surface area (Å²) in [7, 11) is 1.89. The Hall–Kier alpha value is -1.87. The predicted octanol–water partition coefficient (Wildman–Crippen LogP) is 4.11. The minimum Gasteiger partial charge on any atom is -0.462 e. The average Bonchev–Trinajstić information content (AvgIpc) is 3.16. The highest BCUT2D eigenvalue weighted by Crippen LogP contribution is 2.31. The van der Waals surface area contributed by atoms with Crippen LogP contribution in [0.2, 0.25) is 0 Å². The van der Waals surface area contributed by atoms with Gasteiger partial charge in [-0.15, -0.1) is 21.5 Å². The van der Waals surface area contributed by atoms with E-state index in [4.69, 9.17) is 4.74 Å². The number of esters is 1. The Balaban J connectivity index is 2.09. The van der Waals surface area contributed by atoms with Crippen LogP contribution in [-0.4, -0.2) is 39.0 Å². The highest BCUT2D eigenvalue weighted by atomic mass is 32.2. The Kier molecular flexibility index (Phi) is 8.06. The maximum absolute atomic E-state index is 12.5. The monoisotopic (exact) mass is 424 g/mol. The predicted molar refractivity (Wildman–Crippen MR) is 113 cm³/mol. The van der Waals surface area contributed by atoms with Gasteiger partial charge in [0.2, 0.25) is 5.91 Å². The van der Waals surface area contributed by atoms with Gasteiger partial charge in [-0.05, 0) is 30.2 Å². The van der Waals surface area contributed by atoms with Gasteiger partial charge in [0.25, 0.3) is 0 Å². The minimum absolute atomic E-state index is 0.184. The number of anilines is 1. The van der Waals surface area contributed by atoms with Crippen LogP contribution in [0.4, 0.5) is 5.00 Å². The molecule has 0 atom stereocenters. The fraction of sp³-hybridized carbons (Fsp3) is 0.579. The lowest BCUT2D eigenvalue weighted by molar-refractivity contribution is -0.113. The molecule has 0 aliphatic carbocycles. The third kappa shape index (κ3) is 5.57. The number of hydrogen-bond acceptors (Lipinski definition) is 7. The number of rotatable bonds is 9. The number of carbonyl (C=O) groups is 2. The summed E-state index contributed by atoms with van der Waals surface area (Å²) in [6.45, 7) is 10.3. The number of nitrogens with zero attached hydrogens (tertiary/aromatic N) is 3. The number of hydrogen-bond donors (Lipinski definition) is 1. The molecule has 2 rings (SSSR count). The Morgan fingerprint density at radius 1 is 1.29 bits per heavy atom. The second-order valence-electron chi connectivity index (χ2n) is 7.17. The normalized spacial score (nSPS) is 11.3. The zero-order valence-electron chi connectivity index (χ0n) is 17.2. The molecule has 1 N–H and O–H groups in total. The number of aromatic nitrogens is 3. The first kappa shape index (κ1) is 22.4.